The van der Waals surface area contributed by atoms with Crippen LogP contribution in [0.4, 0.5) is 0 Å². The smallest absolute Gasteiger partial charge is 0.304 e. The van der Waals surface area contributed by atoms with Gasteiger partial charge in [-0.1, -0.05) is 27.2 Å². The van der Waals surface area contributed by atoms with Crippen molar-refractivity contribution in [2.24, 2.45) is 11.1 Å². The Morgan fingerprint density at radius 3 is 2.94 bits per heavy atom. The number of carboxylic acids is 1. The van der Waals surface area contributed by atoms with Crippen molar-refractivity contribution in [3.8, 4) is 0 Å². The minimum atomic E-state index is -0.877. The number of benzene rings is 1. The fourth-order valence-electron chi connectivity index (χ4n) is 2.06. The van der Waals surface area contributed by atoms with Crippen molar-refractivity contribution in [2.45, 2.75) is 12.8 Å². The summed E-state index contributed by atoms with van der Waals surface area (Å²) in [7, 11) is 0. The first kappa shape index (κ1) is 11.1. The van der Waals surface area contributed by atoms with Gasteiger partial charge in [0.25, 0.3) is 0 Å². The monoisotopic (exact) mass is 283 g/mol. The SMILES string of the molecule is O=C(O)CC1Cc2ccc(Br)cc2C1=NO. The largest absolute Gasteiger partial charge is 0.481 e. The molecule has 0 radical (unpaired) electrons. The molecule has 4 nitrogen and oxygen atoms in total. The summed E-state index contributed by atoms with van der Waals surface area (Å²) in [4.78, 5) is 10.7. The number of fused-ring (bicyclic) bond motifs is 1. The average molecular weight is 284 g/mol. The first-order chi connectivity index (χ1) is 7.61. The van der Waals surface area contributed by atoms with Gasteiger partial charge in [0.05, 0.1) is 12.1 Å². The molecule has 0 aromatic heterocycles. The maximum Gasteiger partial charge on any atom is 0.304 e. The van der Waals surface area contributed by atoms with Crippen molar-refractivity contribution in [2.75, 3.05) is 0 Å². The van der Waals surface area contributed by atoms with Crippen molar-refractivity contribution in [3.63, 3.8) is 0 Å². The number of oxime groups is 1. The molecule has 0 saturated heterocycles. The van der Waals surface area contributed by atoms with E-state index >= 15 is 0 Å². The maximum atomic E-state index is 10.7. The third-order valence-corrected chi connectivity index (χ3v) is 3.22. The molecule has 0 bridgehead atoms. The highest BCUT2D eigenvalue weighted by molar-refractivity contribution is 9.10. The second kappa shape index (κ2) is 4.25. The van der Waals surface area contributed by atoms with E-state index in [1.165, 1.54) is 0 Å². The van der Waals surface area contributed by atoms with E-state index in [0.717, 1.165) is 15.6 Å². The van der Waals surface area contributed by atoms with E-state index in [0.29, 0.717) is 12.1 Å². The van der Waals surface area contributed by atoms with Gasteiger partial charge in [-0.25, -0.2) is 0 Å². The number of carboxylic acid groups (broad SMARTS) is 1. The summed E-state index contributed by atoms with van der Waals surface area (Å²) >= 11 is 3.34. The van der Waals surface area contributed by atoms with Gasteiger partial charge in [0.1, 0.15) is 0 Å². The number of carbonyl (C=O) groups is 1. The standard InChI is InChI=1S/C11H10BrNO3/c12-8-2-1-6-3-7(4-10(14)15)11(13-16)9(6)5-8/h1-2,5,7,16H,3-4H2,(H,14,15). The number of aliphatic carboxylic acids is 1. The molecule has 84 valence electrons. The Bertz CT molecular complexity index is 470. The van der Waals surface area contributed by atoms with Crippen LogP contribution in [0.3, 0.4) is 0 Å². The number of nitrogens with zero attached hydrogens (tertiary/aromatic N) is 1. The molecule has 0 amide bonds. The summed E-state index contributed by atoms with van der Waals surface area (Å²) in [5, 5.41) is 21.0. The van der Waals surface area contributed by atoms with Gasteiger partial charge in [0, 0.05) is 16.0 Å². The lowest BCUT2D eigenvalue weighted by Gasteiger charge is -2.05. The minimum absolute atomic E-state index is 0.00824. The molecule has 1 atom stereocenters. The lowest BCUT2D eigenvalue weighted by Crippen LogP contribution is -2.15. The van der Waals surface area contributed by atoms with Gasteiger partial charge in [-0.15, -0.1) is 0 Å². The number of rotatable bonds is 2. The van der Waals surface area contributed by atoms with Crippen LogP contribution >= 0.6 is 15.9 Å². The van der Waals surface area contributed by atoms with Crippen LogP contribution in [-0.4, -0.2) is 22.0 Å². The van der Waals surface area contributed by atoms with Crippen LogP contribution in [0.1, 0.15) is 17.5 Å². The van der Waals surface area contributed by atoms with Crippen LogP contribution in [0.2, 0.25) is 0 Å². The number of hydrogen-bond acceptors (Lipinski definition) is 3. The fraction of sp³-hybridized carbons (Fsp3) is 0.273. The van der Waals surface area contributed by atoms with E-state index in [9.17, 15) is 4.79 Å². The van der Waals surface area contributed by atoms with Gasteiger partial charge < -0.3 is 10.3 Å². The van der Waals surface area contributed by atoms with E-state index in [1.54, 1.807) is 0 Å². The van der Waals surface area contributed by atoms with Crippen LogP contribution in [0.5, 0.6) is 0 Å². The van der Waals surface area contributed by atoms with Crippen LogP contribution in [0.25, 0.3) is 0 Å². The van der Waals surface area contributed by atoms with Gasteiger partial charge in [-0.3, -0.25) is 4.79 Å². The molecule has 0 spiro atoms. The summed E-state index contributed by atoms with van der Waals surface area (Å²) in [5.41, 5.74) is 2.34. The Labute approximate surface area is 101 Å². The molecule has 2 N–H and O–H groups in total. The summed E-state index contributed by atoms with van der Waals surface area (Å²) in [6, 6.07) is 5.68. The second-order valence-electron chi connectivity index (χ2n) is 3.79. The summed E-state index contributed by atoms with van der Waals surface area (Å²) in [5.74, 6) is -1.11. The van der Waals surface area contributed by atoms with Gasteiger partial charge in [-0.05, 0) is 24.1 Å². The van der Waals surface area contributed by atoms with E-state index in [4.69, 9.17) is 10.3 Å². The molecular formula is C11H10BrNO3. The van der Waals surface area contributed by atoms with Crippen molar-refractivity contribution in [1.82, 2.24) is 0 Å². The molecule has 2 rings (SSSR count). The Morgan fingerprint density at radius 2 is 2.31 bits per heavy atom. The highest BCUT2D eigenvalue weighted by atomic mass is 79.9. The minimum Gasteiger partial charge on any atom is -0.481 e. The fourth-order valence-corrected chi connectivity index (χ4v) is 2.42. The van der Waals surface area contributed by atoms with Gasteiger partial charge in [-0.2, -0.15) is 0 Å². The predicted octanol–water partition coefficient (Wildman–Crippen LogP) is 2.27. The topological polar surface area (TPSA) is 69.9 Å². The maximum absolute atomic E-state index is 10.7. The molecule has 16 heavy (non-hydrogen) atoms. The first-order valence-corrected chi connectivity index (χ1v) is 5.63. The van der Waals surface area contributed by atoms with Crippen molar-refractivity contribution in [1.29, 1.82) is 0 Å². The number of halogens is 1. The highest BCUT2D eigenvalue weighted by Crippen LogP contribution is 2.31. The molecule has 1 aliphatic carbocycles. The van der Waals surface area contributed by atoms with Crippen LogP contribution in [0.15, 0.2) is 27.8 Å². The summed E-state index contributed by atoms with van der Waals surface area (Å²) in [6.07, 6.45) is 0.611. The molecule has 1 unspecified atom stereocenters. The molecule has 1 aromatic carbocycles. The van der Waals surface area contributed by atoms with Gasteiger partial charge in [0.2, 0.25) is 0 Å². The Balaban J connectivity index is 2.37. The third-order valence-electron chi connectivity index (χ3n) is 2.73. The zero-order chi connectivity index (χ0) is 11.7. The molecule has 0 saturated carbocycles. The van der Waals surface area contributed by atoms with Crippen molar-refractivity contribution in [3.05, 3.63) is 33.8 Å². The van der Waals surface area contributed by atoms with E-state index in [2.05, 4.69) is 21.1 Å². The molecular weight excluding hydrogens is 274 g/mol. The van der Waals surface area contributed by atoms with E-state index in [1.807, 2.05) is 18.2 Å². The lowest BCUT2D eigenvalue weighted by atomic mass is 10.0. The lowest BCUT2D eigenvalue weighted by molar-refractivity contribution is -0.137. The summed E-state index contributed by atoms with van der Waals surface area (Å²) < 4.78 is 0.892. The zero-order valence-electron chi connectivity index (χ0n) is 8.35. The molecule has 5 heteroatoms. The second-order valence-corrected chi connectivity index (χ2v) is 4.70. The molecule has 0 fully saturated rings. The third kappa shape index (κ3) is 1.95. The van der Waals surface area contributed by atoms with Gasteiger partial charge in [0.15, 0.2) is 0 Å². The van der Waals surface area contributed by atoms with Gasteiger partial charge >= 0.3 is 5.97 Å². The van der Waals surface area contributed by atoms with E-state index < -0.39 is 5.97 Å². The first-order valence-electron chi connectivity index (χ1n) is 4.84. The summed E-state index contributed by atoms with van der Waals surface area (Å²) in [6.45, 7) is 0. The average Bonchev–Trinajstić information content (AvgIpc) is 2.53. The molecule has 0 aliphatic heterocycles. The predicted molar refractivity (Wildman–Crippen MR) is 61.9 cm³/mol. The normalized spacial score (nSPS) is 21.1. The van der Waals surface area contributed by atoms with Crippen LogP contribution < -0.4 is 0 Å². The number of hydrogen-bond donors (Lipinski definition) is 2. The molecule has 0 heterocycles. The quantitative estimate of drug-likeness (QED) is 0.646. The Hall–Kier alpha value is -1.36. The van der Waals surface area contributed by atoms with Crippen molar-refractivity contribution < 1.29 is 15.1 Å². The van der Waals surface area contributed by atoms with E-state index in [-0.39, 0.29) is 12.3 Å². The van der Waals surface area contributed by atoms with Crippen LogP contribution in [-0.2, 0) is 11.2 Å². The zero-order valence-corrected chi connectivity index (χ0v) is 9.94. The van der Waals surface area contributed by atoms with Crippen LogP contribution in [0, 0.1) is 5.92 Å². The Kier molecular flexibility index (Phi) is 2.96. The Morgan fingerprint density at radius 1 is 1.56 bits per heavy atom. The van der Waals surface area contributed by atoms with Crippen molar-refractivity contribution >= 4 is 27.6 Å². The molecule has 1 aliphatic rings. The molecule has 1 aromatic rings. The highest BCUT2D eigenvalue weighted by Gasteiger charge is 2.30.